The summed E-state index contributed by atoms with van der Waals surface area (Å²) in [6, 6.07) is 9.47. The first-order valence-corrected chi connectivity index (χ1v) is 11.6. The summed E-state index contributed by atoms with van der Waals surface area (Å²) in [5.41, 5.74) is 1.06. The highest BCUT2D eigenvalue weighted by molar-refractivity contribution is 5.69. The van der Waals surface area contributed by atoms with Gasteiger partial charge in [0.15, 0.2) is 23.7 Å². The van der Waals surface area contributed by atoms with Gasteiger partial charge in [-0.05, 0) is 42.3 Å². The van der Waals surface area contributed by atoms with Crippen molar-refractivity contribution in [3.05, 3.63) is 47.5 Å². The summed E-state index contributed by atoms with van der Waals surface area (Å²) in [5.74, 6) is -1.23. The lowest BCUT2D eigenvalue weighted by Crippen LogP contribution is -2.34. The molecule has 0 aromatic heterocycles. The minimum atomic E-state index is -1.05. The van der Waals surface area contributed by atoms with Crippen molar-refractivity contribution in [3.63, 3.8) is 0 Å². The van der Waals surface area contributed by atoms with E-state index >= 15 is 0 Å². The maximum absolute atomic E-state index is 12.0. The minimum absolute atomic E-state index is 0.139. The summed E-state index contributed by atoms with van der Waals surface area (Å²) in [4.78, 5) is 46.4. The van der Waals surface area contributed by atoms with Gasteiger partial charge in [0.2, 0.25) is 5.75 Å². The molecule has 38 heavy (non-hydrogen) atoms. The highest BCUT2D eigenvalue weighted by Crippen LogP contribution is 2.42. The Kier molecular flexibility index (Phi) is 10.9. The zero-order valence-corrected chi connectivity index (χ0v) is 22.4. The third-order valence-electron chi connectivity index (χ3n) is 5.12. The van der Waals surface area contributed by atoms with Crippen LogP contribution >= 0.6 is 0 Å². The molecule has 11 heteroatoms. The smallest absolute Gasteiger partial charge is 0.308 e. The van der Waals surface area contributed by atoms with Crippen LogP contribution in [0.15, 0.2) is 36.4 Å². The molecule has 0 amide bonds. The normalized spacial score (nSPS) is 12.8. The maximum Gasteiger partial charge on any atom is 0.308 e. The van der Waals surface area contributed by atoms with E-state index in [1.807, 2.05) is 0 Å². The summed E-state index contributed by atoms with van der Waals surface area (Å²) in [6.07, 6.45) is -2.71. The number of esters is 4. The second-order valence-electron chi connectivity index (χ2n) is 8.16. The molecule has 3 atom stereocenters. The Morgan fingerprint density at radius 2 is 1.29 bits per heavy atom. The number of ether oxygens (including phenoxy) is 7. The Morgan fingerprint density at radius 1 is 0.737 bits per heavy atom. The van der Waals surface area contributed by atoms with E-state index in [4.69, 9.17) is 33.2 Å². The molecular formula is C27H32O11. The van der Waals surface area contributed by atoms with E-state index in [1.165, 1.54) is 54.0 Å². The third-order valence-corrected chi connectivity index (χ3v) is 5.12. The highest BCUT2D eigenvalue weighted by atomic mass is 16.6. The van der Waals surface area contributed by atoms with E-state index in [-0.39, 0.29) is 23.9 Å². The second-order valence-corrected chi connectivity index (χ2v) is 8.16. The fourth-order valence-electron chi connectivity index (χ4n) is 3.53. The zero-order chi connectivity index (χ0) is 28.4. The summed E-state index contributed by atoms with van der Waals surface area (Å²) in [6.45, 7) is 6.44. The molecule has 206 valence electrons. The van der Waals surface area contributed by atoms with Crippen molar-refractivity contribution in [2.24, 2.45) is 0 Å². The van der Waals surface area contributed by atoms with Crippen molar-refractivity contribution in [1.82, 2.24) is 0 Å². The first kappa shape index (κ1) is 29.9. The van der Waals surface area contributed by atoms with Crippen LogP contribution in [0.2, 0.25) is 0 Å². The summed E-state index contributed by atoms with van der Waals surface area (Å²) >= 11 is 0. The summed E-state index contributed by atoms with van der Waals surface area (Å²) in [7, 11) is 2.83. The Hall–Kier alpha value is -4.28. The lowest BCUT2D eigenvalue weighted by atomic mass is 10.0. The van der Waals surface area contributed by atoms with Crippen molar-refractivity contribution in [1.29, 1.82) is 0 Å². The van der Waals surface area contributed by atoms with Gasteiger partial charge in [-0.1, -0.05) is 12.1 Å². The van der Waals surface area contributed by atoms with Crippen LogP contribution in [0.25, 0.3) is 0 Å². The van der Waals surface area contributed by atoms with Gasteiger partial charge in [-0.3, -0.25) is 19.2 Å². The Bertz CT molecular complexity index is 1120. The number of carbonyl (C=O) groups is 4. The molecule has 0 aliphatic carbocycles. The van der Waals surface area contributed by atoms with E-state index in [0.29, 0.717) is 16.9 Å². The van der Waals surface area contributed by atoms with Crippen molar-refractivity contribution in [2.45, 2.75) is 52.9 Å². The van der Waals surface area contributed by atoms with Gasteiger partial charge in [0.05, 0.1) is 14.2 Å². The average Bonchev–Trinajstić information content (AvgIpc) is 2.84. The first-order valence-electron chi connectivity index (χ1n) is 11.6. The van der Waals surface area contributed by atoms with E-state index < -0.39 is 42.2 Å². The molecule has 0 fully saturated rings. The van der Waals surface area contributed by atoms with Gasteiger partial charge in [-0.15, -0.1) is 0 Å². The number of hydrogen-bond acceptors (Lipinski definition) is 11. The number of hydrogen-bond donors (Lipinski definition) is 0. The van der Waals surface area contributed by atoms with E-state index in [2.05, 4.69) is 0 Å². The van der Waals surface area contributed by atoms with Gasteiger partial charge in [-0.2, -0.15) is 0 Å². The van der Waals surface area contributed by atoms with Crippen LogP contribution < -0.4 is 18.9 Å². The predicted molar refractivity (Wildman–Crippen MR) is 133 cm³/mol. The van der Waals surface area contributed by atoms with Crippen molar-refractivity contribution < 1.29 is 52.3 Å². The van der Waals surface area contributed by atoms with Crippen LogP contribution in [-0.2, 0) is 33.4 Å². The van der Waals surface area contributed by atoms with Crippen LogP contribution in [0, 0.1) is 0 Å². The number of benzene rings is 2. The number of rotatable bonds is 12. The number of carbonyl (C=O) groups excluding carboxylic acids is 4. The number of methoxy groups -OCH3 is 2. The SMILES string of the molecule is COc1cc(C(C)OC(C)=O)cc(OC)c1OC(COC(C)=O)C(OC(C)=O)c1ccc(OC(C)=O)cc1. The van der Waals surface area contributed by atoms with E-state index in [0.717, 1.165) is 0 Å². The molecule has 0 spiro atoms. The Labute approximate surface area is 220 Å². The van der Waals surface area contributed by atoms with Gasteiger partial charge in [0.1, 0.15) is 18.5 Å². The molecule has 2 aromatic rings. The van der Waals surface area contributed by atoms with Crippen LogP contribution in [0.5, 0.6) is 23.0 Å². The maximum atomic E-state index is 12.0. The van der Waals surface area contributed by atoms with Gasteiger partial charge >= 0.3 is 23.9 Å². The molecule has 0 saturated carbocycles. The monoisotopic (exact) mass is 532 g/mol. The van der Waals surface area contributed by atoms with Crippen LogP contribution in [0.4, 0.5) is 0 Å². The predicted octanol–water partition coefficient (Wildman–Crippen LogP) is 3.87. The van der Waals surface area contributed by atoms with Crippen molar-refractivity contribution >= 4 is 23.9 Å². The summed E-state index contributed by atoms with van der Waals surface area (Å²) in [5, 5.41) is 0. The fraction of sp³-hybridized carbons (Fsp3) is 0.407. The fourth-order valence-corrected chi connectivity index (χ4v) is 3.53. The van der Waals surface area contributed by atoms with Gasteiger partial charge in [-0.25, -0.2) is 0 Å². The third kappa shape index (κ3) is 8.68. The molecule has 0 aliphatic rings. The van der Waals surface area contributed by atoms with E-state index in [1.54, 1.807) is 31.2 Å². The molecule has 11 nitrogen and oxygen atoms in total. The van der Waals surface area contributed by atoms with Crippen molar-refractivity contribution in [2.75, 3.05) is 20.8 Å². The molecule has 0 radical (unpaired) electrons. The average molecular weight is 533 g/mol. The Morgan fingerprint density at radius 3 is 1.74 bits per heavy atom. The largest absolute Gasteiger partial charge is 0.493 e. The van der Waals surface area contributed by atoms with Crippen LogP contribution in [0.3, 0.4) is 0 Å². The van der Waals surface area contributed by atoms with Crippen LogP contribution in [-0.4, -0.2) is 50.8 Å². The lowest BCUT2D eigenvalue weighted by Gasteiger charge is -2.29. The van der Waals surface area contributed by atoms with Gasteiger partial charge < -0.3 is 33.2 Å². The van der Waals surface area contributed by atoms with Gasteiger partial charge in [0, 0.05) is 27.7 Å². The molecule has 2 rings (SSSR count). The van der Waals surface area contributed by atoms with Crippen molar-refractivity contribution in [3.8, 4) is 23.0 Å². The molecule has 0 N–H and O–H groups in total. The zero-order valence-electron chi connectivity index (χ0n) is 22.4. The van der Waals surface area contributed by atoms with Crippen LogP contribution in [0.1, 0.15) is 58.0 Å². The molecule has 3 unspecified atom stereocenters. The summed E-state index contributed by atoms with van der Waals surface area (Å²) < 4.78 is 38.4. The molecule has 0 aliphatic heterocycles. The standard InChI is InChI=1S/C27H32O11/c1-15(35-17(3)29)21-12-23(32-6)27(24(13-21)33-7)38-25(14-34-16(2)28)26(37-19(5)31)20-8-10-22(11-9-20)36-18(4)30/h8-13,15,25-26H,14H2,1-7H3. The quantitative estimate of drug-likeness (QED) is 0.224. The first-order chi connectivity index (χ1) is 17.9. The topological polar surface area (TPSA) is 133 Å². The molecule has 0 heterocycles. The Balaban J connectivity index is 2.55. The molecular weight excluding hydrogens is 500 g/mol. The molecule has 0 bridgehead atoms. The molecule has 2 aromatic carbocycles. The molecule has 0 saturated heterocycles. The lowest BCUT2D eigenvalue weighted by molar-refractivity contribution is -0.157. The second kappa shape index (κ2) is 13.9. The minimum Gasteiger partial charge on any atom is -0.493 e. The van der Waals surface area contributed by atoms with Gasteiger partial charge in [0.25, 0.3) is 0 Å². The van der Waals surface area contributed by atoms with E-state index in [9.17, 15) is 19.2 Å². The highest BCUT2D eigenvalue weighted by Gasteiger charge is 2.32.